The van der Waals surface area contributed by atoms with Gasteiger partial charge in [0.25, 0.3) is 5.91 Å². The quantitative estimate of drug-likeness (QED) is 0.809. The summed E-state index contributed by atoms with van der Waals surface area (Å²) >= 11 is 0. The molecular formula is C16H15F2NO5. The summed E-state index contributed by atoms with van der Waals surface area (Å²) in [6, 6.07) is 7.04. The number of furan rings is 1. The summed E-state index contributed by atoms with van der Waals surface area (Å²) in [5.41, 5.74) is 0.484. The third kappa shape index (κ3) is 4.31. The first-order valence-electron chi connectivity index (χ1n) is 7.08. The van der Waals surface area contributed by atoms with E-state index in [1.54, 1.807) is 13.0 Å². The number of rotatable bonds is 7. The van der Waals surface area contributed by atoms with Crippen molar-refractivity contribution >= 4 is 11.9 Å². The van der Waals surface area contributed by atoms with Gasteiger partial charge in [-0.2, -0.15) is 8.78 Å². The summed E-state index contributed by atoms with van der Waals surface area (Å²) in [5.74, 6) is -1.70. The lowest BCUT2D eigenvalue weighted by Crippen LogP contribution is -2.22. The van der Waals surface area contributed by atoms with E-state index in [4.69, 9.17) is 9.52 Å². The van der Waals surface area contributed by atoms with E-state index in [1.165, 1.54) is 18.2 Å². The predicted octanol–water partition coefficient (Wildman–Crippen LogP) is 3.07. The molecule has 0 saturated heterocycles. The number of halogens is 2. The number of carboxylic acids is 1. The molecule has 2 aromatic rings. The van der Waals surface area contributed by atoms with E-state index >= 15 is 0 Å². The lowest BCUT2D eigenvalue weighted by Gasteiger charge is -2.07. The smallest absolute Gasteiger partial charge is 0.387 e. The van der Waals surface area contributed by atoms with E-state index in [0.717, 1.165) is 6.07 Å². The molecule has 0 aliphatic heterocycles. The summed E-state index contributed by atoms with van der Waals surface area (Å²) in [4.78, 5) is 23.1. The molecular weight excluding hydrogens is 324 g/mol. The van der Waals surface area contributed by atoms with Crippen molar-refractivity contribution in [3.63, 3.8) is 0 Å². The standard InChI is InChI=1S/C16H15F2NO5/c1-2-12-11(15(21)22)7-13(24-12)14(20)19-8-9-4-3-5-10(6-9)23-16(17)18/h3-7,16H,2,8H2,1H3,(H,19,20)(H,21,22). The molecule has 1 amide bonds. The van der Waals surface area contributed by atoms with Crippen LogP contribution in [-0.2, 0) is 13.0 Å². The zero-order valence-corrected chi connectivity index (χ0v) is 12.7. The van der Waals surface area contributed by atoms with Crippen molar-refractivity contribution in [3.8, 4) is 5.75 Å². The molecule has 1 aromatic carbocycles. The van der Waals surface area contributed by atoms with Crippen LogP contribution in [0.3, 0.4) is 0 Å². The van der Waals surface area contributed by atoms with E-state index in [-0.39, 0.29) is 29.4 Å². The predicted molar refractivity (Wildman–Crippen MR) is 79.3 cm³/mol. The number of nitrogens with one attached hydrogen (secondary N) is 1. The van der Waals surface area contributed by atoms with Crippen LogP contribution in [0, 0.1) is 0 Å². The number of hydrogen-bond acceptors (Lipinski definition) is 4. The Labute approximate surface area is 136 Å². The molecule has 0 atom stereocenters. The number of benzene rings is 1. The minimum atomic E-state index is -2.93. The van der Waals surface area contributed by atoms with Gasteiger partial charge in [0.05, 0.1) is 0 Å². The van der Waals surface area contributed by atoms with Gasteiger partial charge in [0.15, 0.2) is 5.76 Å². The number of carbonyl (C=O) groups excluding carboxylic acids is 1. The second-order valence-corrected chi connectivity index (χ2v) is 4.81. The first kappa shape index (κ1) is 17.5. The van der Waals surface area contributed by atoms with Crippen LogP contribution in [0.2, 0.25) is 0 Å². The van der Waals surface area contributed by atoms with Crippen molar-refractivity contribution in [2.45, 2.75) is 26.5 Å². The van der Waals surface area contributed by atoms with Crippen LogP contribution in [-0.4, -0.2) is 23.6 Å². The highest BCUT2D eigenvalue weighted by Gasteiger charge is 2.19. The highest BCUT2D eigenvalue weighted by Crippen LogP contribution is 2.18. The van der Waals surface area contributed by atoms with E-state index in [0.29, 0.717) is 12.0 Å². The SMILES string of the molecule is CCc1oc(C(=O)NCc2cccc(OC(F)F)c2)cc1C(=O)O. The van der Waals surface area contributed by atoms with Crippen molar-refractivity contribution in [2.24, 2.45) is 0 Å². The minimum absolute atomic E-state index is 0.0174. The second-order valence-electron chi connectivity index (χ2n) is 4.81. The molecule has 0 bridgehead atoms. The topological polar surface area (TPSA) is 88.8 Å². The van der Waals surface area contributed by atoms with Crippen molar-refractivity contribution in [1.82, 2.24) is 5.32 Å². The summed E-state index contributed by atoms with van der Waals surface area (Å²) in [6.07, 6.45) is 0.335. The molecule has 24 heavy (non-hydrogen) atoms. The maximum Gasteiger partial charge on any atom is 0.387 e. The summed E-state index contributed by atoms with van der Waals surface area (Å²) in [6.45, 7) is -1.18. The Morgan fingerprint density at radius 1 is 1.33 bits per heavy atom. The van der Waals surface area contributed by atoms with Gasteiger partial charge in [0.2, 0.25) is 0 Å². The largest absolute Gasteiger partial charge is 0.478 e. The monoisotopic (exact) mass is 339 g/mol. The number of alkyl halides is 2. The van der Waals surface area contributed by atoms with Gasteiger partial charge in [0, 0.05) is 19.0 Å². The van der Waals surface area contributed by atoms with Crippen molar-refractivity contribution in [3.05, 3.63) is 53.0 Å². The number of carboxylic acid groups (broad SMARTS) is 1. The van der Waals surface area contributed by atoms with E-state index in [9.17, 15) is 18.4 Å². The average Bonchev–Trinajstić information content (AvgIpc) is 2.97. The zero-order valence-electron chi connectivity index (χ0n) is 12.7. The van der Waals surface area contributed by atoms with Gasteiger partial charge >= 0.3 is 12.6 Å². The fraction of sp³-hybridized carbons (Fsp3) is 0.250. The Hall–Kier alpha value is -2.90. The van der Waals surface area contributed by atoms with E-state index in [2.05, 4.69) is 10.1 Å². The number of aryl methyl sites for hydroxylation is 1. The molecule has 0 spiro atoms. The normalized spacial score (nSPS) is 10.7. The lowest BCUT2D eigenvalue weighted by molar-refractivity contribution is -0.0498. The third-order valence-corrected chi connectivity index (χ3v) is 3.16. The molecule has 6 nitrogen and oxygen atoms in total. The van der Waals surface area contributed by atoms with Crippen LogP contribution < -0.4 is 10.1 Å². The van der Waals surface area contributed by atoms with Gasteiger partial charge < -0.3 is 19.6 Å². The van der Waals surface area contributed by atoms with E-state index in [1.807, 2.05) is 0 Å². The molecule has 2 rings (SSSR count). The summed E-state index contributed by atoms with van der Waals surface area (Å²) in [7, 11) is 0. The maximum atomic E-state index is 12.2. The van der Waals surface area contributed by atoms with Gasteiger partial charge in [-0.3, -0.25) is 4.79 Å². The fourth-order valence-electron chi connectivity index (χ4n) is 2.09. The molecule has 128 valence electrons. The summed E-state index contributed by atoms with van der Waals surface area (Å²) in [5, 5.41) is 11.6. The Morgan fingerprint density at radius 2 is 2.08 bits per heavy atom. The number of aromatic carboxylic acids is 1. The van der Waals surface area contributed by atoms with Crippen LogP contribution in [0.25, 0.3) is 0 Å². The van der Waals surface area contributed by atoms with Gasteiger partial charge in [-0.15, -0.1) is 0 Å². The second kappa shape index (κ2) is 7.58. The van der Waals surface area contributed by atoms with Crippen LogP contribution in [0.1, 0.15) is 39.2 Å². The molecule has 1 aromatic heterocycles. The number of ether oxygens (including phenoxy) is 1. The average molecular weight is 339 g/mol. The van der Waals surface area contributed by atoms with Crippen molar-refractivity contribution in [2.75, 3.05) is 0 Å². The van der Waals surface area contributed by atoms with Crippen LogP contribution in [0.5, 0.6) is 5.75 Å². The third-order valence-electron chi connectivity index (χ3n) is 3.16. The first-order valence-corrected chi connectivity index (χ1v) is 7.08. The molecule has 0 radical (unpaired) electrons. The molecule has 1 heterocycles. The van der Waals surface area contributed by atoms with Gasteiger partial charge in [-0.1, -0.05) is 19.1 Å². The van der Waals surface area contributed by atoms with Gasteiger partial charge in [-0.25, -0.2) is 4.79 Å². The number of amides is 1. The Balaban J connectivity index is 2.04. The van der Waals surface area contributed by atoms with Crippen molar-refractivity contribution in [1.29, 1.82) is 0 Å². The lowest BCUT2D eigenvalue weighted by atomic mass is 10.2. The Bertz CT molecular complexity index is 742. The van der Waals surface area contributed by atoms with E-state index < -0.39 is 18.5 Å². The van der Waals surface area contributed by atoms with Crippen LogP contribution >= 0.6 is 0 Å². The molecule has 0 saturated carbocycles. The Kier molecular flexibility index (Phi) is 5.51. The zero-order chi connectivity index (χ0) is 17.7. The fourth-order valence-corrected chi connectivity index (χ4v) is 2.09. The molecule has 0 fully saturated rings. The van der Waals surface area contributed by atoms with Crippen LogP contribution in [0.15, 0.2) is 34.7 Å². The minimum Gasteiger partial charge on any atom is -0.478 e. The molecule has 8 heteroatoms. The molecule has 0 aliphatic carbocycles. The number of hydrogen-bond donors (Lipinski definition) is 2. The van der Waals surface area contributed by atoms with Crippen LogP contribution in [0.4, 0.5) is 8.78 Å². The summed E-state index contributed by atoms with van der Waals surface area (Å²) < 4.78 is 33.9. The molecule has 2 N–H and O–H groups in total. The molecule has 0 aliphatic rings. The Morgan fingerprint density at radius 3 is 2.67 bits per heavy atom. The highest BCUT2D eigenvalue weighted by atomic mass is 19.3. The molecule has 0 unspecified atom stereocenters. The number of carbonyl (C=O) groups is 2. The maximum absolute atomic E-state index is 12.2. The first-order chi connectivity index (χ1) is 11.4. The van der Waals surface area contributed by atoms with Crippen molar-refractivity contribution < 1.29 is 32.6 Å². The van der Waals surface area contributed by atoms with Gasteiger partial charge in [-0.05, 0) is 17.7 Å². The highest BCUT2D eigenvalue weighted by molar-refractivity contribution is 5.96. The van der Waals surface area contributed by atoms with Gasteiger partial charge in [0.1, 0.15) is 17.1 Å².